The van der Waals surface area contributed by atoms with Crippen LogP contribution in [0.4, 0.5) is 24.8 Å². The Morgan fingerprint density at radius 1 is 1.08 bits per heavy atom. The minimum Gasteiger partial charge on any atom is -0.384 e. The number of nitrogens with two attached hydrogens (primary N) is 1. The Bertz CT molecular complexity index is 1200. The van der Waals surface area contributed by atoms with E-state index in [4.69, 9.17) is 4.79 Å². The molecule has 3 aromatic heterocycles. The van der Waals surface area contributed by atoms with Gasteiger partial charge in [-0.25, -0.2) is 9.97 Å². The van der Waals surface area contributed by atoms with Crippen LogP contribution in [-0.4, -0.2) is 26.5 Å². The lowest BCUT2D eigenvalue weighted by molar-refractivity contribution is -0.137. The van der Waals surface area contributed by atoms with Crippen molar-refractivity contribution >= 4 is 18.0 Å². The molecule has 4 N–H and O–H groups in total. The molecule has 0 aliphatic heterocycles. The predicted molar refractivity (Wildman–Crippen MR) is 131 cm³/mol. The van der Waals surface area contributed by atoms with Gasteiger partial charge in [0.25, 0.3) is 0 Å². The van der Waals surface area contributed by atoms with Crippen LogP contribution in [0.25, 0.3) is 11.3 Å². The summed E-state index contributed by atoms with van der Waals surface area (Å²) in [6, 6.07) is 9.19. The number of nitrogens with zero attached hydrogens (tertiary/aromatic N) is 3. The van der Waals surface area contributed by atoms with Crippen molar-refractivity contribution in [3.05, 3.63) is 65.6 Å². The van der Waals surface area contributed by atoms with E-state index in [1.54, 1.807) is 12.3 Å². The number of aliphatic hydroxyl groups is 1. The highest BCUT2D eigenvalue weighted by atomic mass is 19.4. The molecule has 7 nitrogen and oxygen atoms in total. The van der Waals surface area contributed by atoms with Crippen molar-refractivity contribution < 1.29 is 23.1 Å². The number of amides is 1. The van der Waals surface area contributed by atoms with Gasteiger partial charge in [0, 0.05) is 18.0 Å². The van der Waals surface area contributed by atoms with Crippen LogP contribution < -0.4 is 11.1 Å². The van der Waals surface area contributed by atoms with E-state index in [-0.39, 0.29) is 17.6 Å². The zero-order valence-electron chi connectivity index (χ0n) is 20.4. The van der Waals surface area contributed by atoms with Gasteiger partial charge in [0.05, 0.1) is 17.0 Å². The molecule has 0 saturated heterocycles. The van der Waals surface area contributed by atoms with Gasteiger partial charge in [-0.3, -0.25) is 9.78 Å². The first kappa shape index (κ1) is 27.1. The summed E-state index contributed by atoms with van der Waals surface area (Å²) in [6.07, 6.45) is 1.97. The number of carbonyl (C=O) groups excluding carboxylic acids is 1. The quantitative estimate of drug-likeness (QED) is 0.407. The van der Waals surface area contributed by atoms with Crippen LogP contribution in [0.5, 0.6) is 0 Å². The lowest BCUT2D eigenvalue weighted by Gasteiger charge is -2.41. The number of nitrogens with one attached hydrogen (secondary N) is 1. The van der Waals surface area contributed by atoms with Crippen LogP contribution >= 0.6 is 0 Å². The van der Waals surface area contributed by atoms with E-state index < -0.39 is 17.3 Å². The van der Waals surface area contributed by atoms with Crippen molar-refractivity contribution in [2.45, 2.75) is 58.2 Å². The average molecular weight is 502 g/mol. The topological polar surface area (TPSA) is 114 Å². The standard InChI is InChI=1S/C25H27F3N4O.CH3NO/c1-16-11-19(31-22(12-16)32-21-13-18(7-10-29-21)25(26,27)28)17-5-6-20(30-14-17)24(33)9-4-8-23(2,3)15-24;2-1-3/h5-7,10-14,33H,4,8-9,15H2,1-3H3,(H,29,31,32);1H,(H2,2,3). The molecule has 1 aliphatic rings. The first-order chi connectivity index (χ1) is 16.8. The van der Waals surface area contributed by atoms with Crippen LogP contribution in [0.15, 0.2) is 48.8 Å². The van der Waals surface area contributed by atoms with Crippen LogP contribution in [0.2, 0.25) is 0 Å². The van der Waals surface area contributed by atoms with E-state index in [1.807, 2.05) is 25.1 Å². The number of pyridine rings is 3. The maximum atomic E-state index is 13.0. The number of halogens is 3. The summed E-state index contributed by atoms with van der Waals surface area (Å²) in [5.41, 5.74) is 5.41. The molecule has 10 heteroatoms. The number of aromatic nitrogens is 3. The first-order valence-electron chi connectivity index (χ1n) is 11.5. The highest BCUT2D eigenvalue weighted by molar-refractivity contribution is 5.64. The smallest absolute Gasteiger partial charge is 0.384 e. The van der Waals surface area contributed by atoms with E-state index >= 15 is 0 Å². The summed E-state index contributed by atoms with van der Waals surface area (Å²) >= 11 is 0. The minimum atomic E-state index is -4.45. The second-order valence-corrected chi connectivity index (χ2v) is 9.76. The van der Waals surface area contributed by atoms with Gasteiger partial charge < -0.3 is 16.2 Å². The fourth-order valence-corrected chi connectivity index (χ4v) is 4.55. The van der Waals surface area contributed by atoms with Gasteiger partial charge in [-0.15, -0.1) is 0 Å². The van der Waals surface area contributed by atoms with Crippen molar-refractivity contribution in [2.75, 3.05) is 5.32 Å². The molecule has 36 heavy (non-hydrogen) atoms. The third kappa shape index (κ3) is 6.78. The third-order valence-electron chi connectivity index (χ3n) is 6.06. The van der Waals surface area contributed by atoms with Crippen LogP contribution in [0.3, 0.4) is 0 Å². The summed E-state index contributed by atoms with van der Waals surface area (Å²) < 4.78 is 39.0. The largest absolute Gasteiger partial charge is 0.416 e. The van der Waals surface area contributed by atoms with Crippen molar-refractivity contribution in [1.29, 1.82) is 0 Å². The molecule has 1 aliphatic carbocycles. The first-order valence-corrected chi connectivity index (χ1v) is 11.5. The Labute approximate surface area is 208 Å². The maximum Gasteiger partial charge on any atom is 0.416 e. The van der Waals surface area contributed by atoms with E-state index in [2.05, 4.69) is 39.8 Å². The van der Waals surface area contributed by atoms with E-state index in [0.717, 1.165) is 42.3 Å². The highest BCUT2D eigenvalue weighted by Crippen LogP contribution is 2.45. The Kier molecular flexibility index (Phi) is 7.98. The Morgan fingerprint density at radius 3 is 2.42 bits per heavy atom. The molecule has 0 spiro atoms. The molecule has 1 amide bonds. The average Bonchev–Trinajstić information content (AvgIpc) is 2.78. The molecule has 3 heterocycles. The highest BCUT2D eigenvalue weighted by Gasteiger charge is 2.40. The van der Waals surface area contributed by atoms with Gasteiger partial charge in [-0.2, -0.15) is 13.2 Å². The Balaban J connectivity index is 0.00000115. The lowest BCUT2D eigenvalue weighted by atomic mass is 9.68. The Morgan fingerprint density at radius 2 is 1.81 bits per heavy atom. The molecule has 1 fully saturated rings. The molecule has 1 saturated carbocycles. The SMILES string of the molecule is Cc1cc(Nc2cc(C(F)(F)F)ccn2)nc(-c2ccc(C3(O)CCCC(C)(C)C3)nc2)c1.NC=O. The number of alkyl halides is 3. The van der Waals surface area contributed by atoms with Gasteiger partial charge in [-0.1, -0.05) is 13.8 Å². The molecule has 192 valence electrons. The maximum absolute atomic E-state index is 13.0. The molecule has 1 unspecified atom stereocenters. The summed E-state index contributed by atoms with van der Waals surface area (Å²) in [4.78, 5) is 21.6. The number of anilines is 2. The van der Waals surface area contributed by atoms with Crippen molar-refractivity contribution in [2.24, 2.45) is 11.1 Å². The minimum absolute atomic E-state index is 0.0590. The number of hydrogen-bond acceptors (Lipinski definition) is 6. The molecular formula is C26H30F3N5O2. The van der Waals surface area contributed by atoms with Crippen molar-refractivity contribution in [3.8, 4) is 11.3 Å². The molecule has 0 radical (unpaired) electrons. The van der Waals surface area contributed by atoms with E-state index in [0.29, 0.717) is 30.0 Å². The van der Waals surface area contributed by atoms with Gasteiger partial charge in [0.15, 0.2) is 0 Å². The summed E-state index contributed by atoms with van der Waals surface area (Å²) in [7, 11) is 0. The summed E-state index contributed by atoms with van der Waals surface area (Å²) in [5, 5.41) is 14.1. The van der Waals surface area contributed by atoms with E-state index in [9.17, 15) is 18.3 Å². The number of hydrogen-bond donors (Lipinski definition) is 3. The number of aryl methyl sites for hydroxylation is 1. The molecule has 1 atom stereocenters. The van der Waals surface area contributed by atoms with Gasteiger partial charge >= 0.3 is 6.18 Å². The Hall–Kier alpha value is -3.53. The van der Waals surface area contributed by atoms with Gasteiger partial charge in [0.2, 0.25) is 6.41 Å². The third-order valence-corrected chi connectivity index (χ3v) is 6.06. The monoisotopic (exact) mass is 501 g/mol. The fourth-order valence-electron chi connectivity index (χ4n) is 4.55. The fraction of sp³-hybridized carbons (Fsp3) is 0.385. The van der Waals surface area contributed by atoms with Crippen LogP contribution in [0, 0.1) is 12.3 Å². The van der Waals surface area contributed by atoms with Crippen molar-refractivity contribution in [1.82, 2.24) is 15.0 Å². The molecular weight excluding hydrogens is 471 g/mol. The number of primary amides is 1. The summed E-state index contributed by atoms with van der Waals surface area (Å²) in [6.45, 7) is 6.20. The normalized spacial score (nSPS) is 19.1. The summed E-state index contributed by atoms with van der Waals surface area (Å²) in [5.74, 6) is 0.443. The molecule has 4 rings (SSSR count). The number of rotatable bonds is 4. The van der Waals surface area contributed by atoms with Crippen LogP contribution in [0.1, 0.15) is 56.4 Å². The molecule has 3 aromatic rings. The zero-order valence-corrected chi connectivity index (χ0v) is 20.4. The van der Waals surface area contributed by atoms with Crippen molar-refractivity contribution in [3.63, 3.8) is 0 Å². The van der Waals surface area contributed by atoms with E-state index in [1.165, 1.54) is 0 Å². The molecule has 0 aromatic carbocycles. The van der Waals surface area contributed by atoms with Crippen LogP contribution in [-0.2, 0) is 16.6 Å². The predicted octanol–water partition coefficient (Wildman–Crippen LogP) is 5.50. The second kappa shape index (κ2) is 10.6. The number of carbonyl (C=O) groups is 1. The van der Waals surface area contributed by atoms with Gasteiger partial charge in [0.1, 0.15) is 17.2 Å². The lowest BCUT2D eigenvalue weighted by Crippen LogP contribution is -2.37. The van der Waals surface area contributed by atoms with Gasteiger partial charge in [-0.05, 0) is 80.0 Å². The second-order valence-electron chi connectivity index (χ2n) is 9.76. The molecule has 0 bridgehead atoms. The zero-order chi connectivity index (χ0) is 26.6.